The second-order valence-electron chi connectivity index (χ2n) is 4.61. The van der Waals surface area contributed by atoms with Gasteiger partial charge in [0, 0.05) is 6.04 Å². The van der Waals surface area contributed by atoms with Gasteiger partial charge < -0.3 is 11.1 Å². The van der Waals surface area contributed by atoms with E-state index in [1.54, 1.807) is 0 Å². The molecule has 0 aliphatic heterocycles. The van der Waals surface area contributed by atoms with Gasteiger partial charge in [0.2, 0.25) is 0 Å². The molecule has 1 fully saturated rings. The molecule has 0 saturated heterocycles. The maximum absolute atomic E-state index is 5.86. The fraction of sp³-hybridized carbons (Fsp3) is 1.00. The molecule has 0 radical (unpaired) electrons. The Morgan fingerprint density at radius 2 is 2.23 bits per heavy atom. The van der Waals surface area contributed by atoms with E-state index >= 15 is 0 Å². The van der Waals surface area contributed by atoms with Gasteiger partial charge in [0.15, 0.2) is 0 Å². The van der Waals surface area contributed by atoms with Gasteiger partial charge in [-0.25, -0.2) is 0 Å². The molecule has 78 valence electrons. The lowest BCUT2D eigenvalue weighted by Crippen LogP contribution is -2.27. The molecule has 1 aliphatic rings. The molecule has 1 rings (SSSR count). The molecular formula is C11H24N2. The Morgan fingerprint density at radius 3 is 2.77 bits per heavy atom. The summed E-state index contributed by atoms with van der Waals surface area (Å²) >= 11 is 0. The van der Waals surface area contributed by atoms with Crippen molar-refractivity contribution in [3.8, 4) is 0 Å². The van der Waals surface area contributed by atoms with E-state index < -0.39 is 0 Å². The first-order chi connectivity index (χ1) is 6.22. The molecule has 0 aromatic rings. The molecule has 0 aromatic carbocycles. The summed E-state index contributed by atoms with van der Waals surface area (Å²) in [5, 5.41) is 3.54. The Hall–Kier alpha value is -0.0800. The lowest BCUT2D eigenvalue weighted by molar-refractivity contribution is 0.436. The van der Waals surface area contributed by atoms with E-state index in [2.05, 4.69) is 19.2 Å². The summed E-state index contributed by atoms with van der Waals surface area (Å²) in [6.45, 7) is 6.89. The van der Waals surface area contributed by atoms with Crippen LogP contribution in [0.4, 0.5) is 0 Å². The topological polar surface area (TPSA) is 38.0 Å². The van der Waals surface area contributed by atoms with Gasteiger partial charge in [-0.3, -0.25) is 0 Å². The van der Waals surface area contributed by atoms with Gasteiger partial charge in [-0.05, 0) is 44.2 Å². The second kappa shape index (κ2) is 5.61. The van der Waals surface area contributed by atoms with Crippen molar-refractivity contribution < 1.29 is 0 Å². The van der Waals surface area contributed by atoms with E-state index in [0.29, 0.717) is 6.04 Å². The average Bonchev–Trinajstić information content (AvgIpc) is 2.51. The highest BCUT2D eigenvalue weighted by molar-refractivity contribution is 4.79. The smallest absolute Gasteiger partial charge is 0.00420 e. The van der Waals surface area contributed by atoms with Gasteiger partial charge in [-0.1, -0.05) is 20.3 Å². The molecule has 13 heavy (non-hydrogen) atoms. The van der Waals surface area contributed by atoms with Gasteiger partial charge in [0.25, 0.3) is 0 Å². The molecule has 0 amide bonds. The largest absolute Gasteiger partial charge is 0.328 e. The van der Waals surface area contributed by atoms with Crippen molar-refractivity contribution in [2.75, 3.05) is 13.1 Å². The second-order valence-corrected chi connectivity index (χ2v) is 4.61. The molecular weight excluding hydrogens is 160 g/mol. The van der Waals surface area contributed by atoms with Crippen LogP contribution in [0.3, 0.4) is 0 Å². The molecule has 3 unspecified atom stereocenters. The molecule has 3 atom stereocenters. The first-order valence-corrected chi connectivity index (χ1v) is 5.68. The number of hydrogen-bond donors (Lipinski definition) is 2. The van der Waals surface area contributed by atoms with Crippen molar-refractivity contribution in [1.29, 1.82) is 0 Å². The molecule has 3 N–H and O–H groups in total. The zero-order valence-electron chi connectivity index (χ0n) is 9.05. The van der Waals surface area contributed by atoms with Crippen LogP contribution in [0.5, 0.6) is 0 Å². The first-order valence-electron chi connectivity index (χ1n) is 5.68. The molecule has 1 saturated carbocycles. The number of nitrogens with two attached hydrogens (primary N) is 1. The summed E-state index contributed by atoms with van der Waals surface area (Å²) < 4.78 is 0. The van der Waals surface area contributed by atoms with Crippen molar-refractivity contribution >= 4 is 0 Å². The van der Waals surface area contributed by atoms with Gasteiger partial charge in [-0.2, -0.15) is 0 Å². The summed E-state index contributed by atoms with van der Waals surface area (Å²) in [6, 6.07) is 0.482. The van der Waals surface area contributed by atoms with E-state index in [-0.39, 0.29) is 0 Å². The summed E-state index contributed by atoms with van der Waals surface area (Å²) in [5.41, 5.74) is 5.86. The minimum atomic E-state index is 0.482. The molecule has 0 bridgehead atoms. The highest BCUT2D eigenvalue weighted by Crippen LogP contribution is 2.23. The van der Waals surface area contributed by atoms with Crippen molar-refractivity contribution in [3.63, 3.8) is 0 Å². The molecule has 2 heteroatoms. The number of nitrogens with one attached hydrogen (secondary N) is 1. The molecule has 0 heterocycles. The van der Waals surface area contributed by atoms with Crippen molar-refractivity contribution in [2.45, 2.75) is 45.6 Å². The van der Waals surface area contributed by atoms with E-state index in [0.717, 1.165) is 11.8 Å². The summed E-state index contributed by atoms with van der Waals surface area (Å²) in [5.74, 6) is 1.66. The van der Waals surface area contributed by atoms with Crippen LogP contribution in [-0.2, 0) is 0 Å². The van der Waals surface area contributed by atoms with Gasteiger partial charge in [0.1, 0.15) is 0 Å². The predicted molar refractivity (Wildman–Crippen MR) is 57.6 cm³/mol. The minimum Gasteiger partial charge on any atom is -0.328 e. The number of rotatable bonds is 5. The zero-order valence-corrected chi connectivity index (χ0v) is 9.05. The van der Waals surface area contributed by atoms with E-state index in [1.807, 2.05) is 0 Å². The van der Waals surface area contributed by atoms with Gasteiger partial charge >= 0.3 is 0 Å². The van der Waals surface area contributed by atoms with Crippen LogP contribution in [0.25, 0.3) is 0 Å². The minimum absolute atomic E-state index is 0.482. The Balaban J connectivity index is 2.00. The quantitative estimate of drug-likeness (QED) is 0.683. The SMILES string of the molecule is CCC(C)CNCC1CCC(N)C1. The third-order valence-electron chi connectivity index (χ3n) is 3.20. The summed E-state index contributed by atoms with van der Waals surface area (Å²) in [6.07, 6.45) is 5.06. The first kappa shape index (κ1) is 11.0. The zero-order chi connectivity index (χ0) is 9.68. The van der Waals surface area contributed by atoms with Gasteiger partial charge in [-0.15, -0.1) is 0 Å². The Kier molecular flexibility index (Phi) is 4.74. The predicted octanol–water partition coefficient (Wildman–Crippen LogP) is 1.75. The van der Waals surface area contributed by atoms with Crippen LogP contribution in [0, 0.1) is 11.8 Å². The monoisotopic (exact) mass is 184 g/mol. The maximum atomic E-state index is 5.86. The van der Waals surface area contributed by atoms with Crippen LogP contribution < -0.4 is 11.1 Å². The van der Waals surface area contributed by atoms with Crippen LogP contribution >= 0.6 is 0 Å². The highest BCUT2D eigenvalue weighted by atomic mass is 14.9. The van der Waals surface area contributed by atoms with Crippen molar-refractivity contribution in [1.82, 2.24) is 5.32 Å². The fourth-order valence-electron chi connectivity index (χ4n) is 1.98. The highest BCUT2D eigenvalue weighted by Gasteiger charge is 2.20. The molecule has 2 nitrogen and oxygen atoms in total. The Labute approximate surface area is 82.3 Å². The average molecular weight is 184 g/mol. The van der Waals surface area contributed by atoms with Crippen molar-refractivity contribution in [3.05, 3.63) is 0 Å². The Bertz CT molecular complexity index is 136. The molecule has 0 spiro atoms. The van der Waals surface area contributed by atoms with E-state index in [9.17, 15) is 0 Å². The van der Waals surface area contributed by atoms with E-state index in [4.69, 9.17) is 5.73 Å². The normalized spacial score (nSPS) is 30.7. The van der Waals surface area contributed by atoms with Crippen LogP contribution in [-0.4, -0.2) is 19.1 Å². The third-order valence-corrected chi connectivity index (χ3v) is 3.20. The van der Waals surface area contributed by atoms with Crippen molar-refractivity contribution in [2.24, 2.45) is 17.6 Å². The lowest BCUT2D eigenvalue weighted by atomic mass is 10.1. The van der Waals surface area contributed by atoms with Crippen LogP contribution in [0.1, 0.15) is 39.5 Å². The third kappa shape index (κ3) is 4.10. The van der Waals surface area contributed by atoms with Crippen LogP contribution in [0.15, 0.2) is 0 Å². The Morgan fingerprint density at radius 1 is 1.46 bits per heavy atom. The summed E-state index contributed by atoms with van der Waals surface area (Å²) in [4.78, 5) is 0. The van der Waals surface area contributed by atoms with E-state index in [1.165, 1.54) is 38.8 Å². The standard InChI is InChI=1S/C11H24N2/c1-3-9(2)7-13-8-10-4-5-11(12)6-10/h9-11,13H,3-8,12H2,1-2H3. The van der Waals surface area contributed by atoms with Gasteiger partial charge in [0.05, 0.1) is 0 Å². The number of hydrogen-bond acceptors (Lipinski definition) is 2. The maximum Gasteiger partial charge on any atom is 0.00420 e. The fourth-order valence-corrected chi connectivity index (χ4v) is 1.98. The van der Waals surface area contributed by atoms with Crippen LogP contribution in [0.2, 0.25) is 0 Å². The summed E-state index contributed by atoms with van der Waals surface area (Å²) in [7, 11) is 0. The lowest BCUT2D eigenvalue weighted by Gasteiger charge is -2.13. The molecule has 0 aromatic heterocycles. The molecule has 1 aliphatic carbocycles.